The molecule has 2 rings (SSSR count). The molecule has 0 amide bonds. The lowest BCUT2D eigenvalue weighted by Crippen LogP contribution is -2.09. The van der Waals surface area contributed by atoms with Crippen LogP contribution in [-0.4, -0.2) is 33.6 Å². The maximum Gasteiger partial charge on any atom is 0.339 e. The predicted octanol–water partition coefficient (Wildman–Crippen LogP) is 2.48. The third-order valence-electron chi connectivity index (χ3n) is 3.11. The predicted molar refractivity (Wildman–Crippen MR) is 80.6 cm³/mol. The van der Waals surface area contributed by atoms with Crippen molar-refractivity contribution in [1.29, 1.82) is 0 Å². The zero-order valence-corrected chi connectivity index (χ0v) is 11.6. The molecule has 0 saturated carbocycles. The van der Waals surface area contributed by atoms with E-state index < -0.39 is 5.97 Å². The van der Waals surface area contributed by atoms with E-state index in [-0.39, 0.29) is 34.8 Å². The summed E-state index contributed by atoms with van der Waals surface area (Å²) in [6, 6.07) is 10.4. The van der Waals surface area contributed by atoms with Gasteiger partial charge in [0, 0.05) is 24.7 Å². The highest BCUT2D eigenvalue weighted by molar-refractivity contribution is 5.98. The second kappa shape index (κ2) is 6.62. The third kappa shape index (κ3) is 3.54. The smallest absolute Gasteiger partial charge is 0.339 e. The minimum Gasteiger partial charge on any atom is -0.507 e. The number of hydrogen-bond donors (Lipinski definition) is 4. The van der Waals surface area contributed by atoms with Crippen LogP contribution in [0, 0.1) is 0 Å². The summed E-state index contributed by atoms with van der Waals surface area (Å²) in [5.41, 5.74) is 0.580. The summed E-state index contributed by atoms with van der Waals surface area (Å²) in [7, 11) is 0. The molecule has 0 aliphatic carbocycles. The number of carboxylic acid groups (broad SMARTS) is 1. The largest absolute Gasteiger partial charge is 0.507 e. The lowest BCUT2D eigenvalue weighted by molar-refractivity contribution is 0.0693. The molecule has 0 atom stereocenters. The summed E-state index contributed by atoms with van der Waals surface area (Å²) in [6.45, 7) is 0.291. The minimum absolute atomic E-state index is 0.0593. The van der Waals surface area contributed by atoms with Crippen LogP contribution in [-0.2, 0) is 0 Å². The monoisotopic (exact) mass is 301 g/mol. The highest BCUT2D eigenvalue weighted by Gasteiger charge is 2.11. The number of aromatic hydroxyl groups is 2. The second-order valence-corrected chi connectivity index (χ2v) is 4.65. The first-order chi connectivity index (χ1) is 10.5. The van der Waals surface area contributed by atoms with E-state index in [0.717, 1.165) is 0 Å². The van der Waals surface area contributed by atoms with E-state index in [1.54, 1.807) is 18.2 Å². The van der Waals surface area contributed by atoms with Gasteiger partial charge < -0.3 is 20.6 Å². The molecular weight excluding hydrogens is 286 g/mol. The molecule has 0 saturated heterocycles. The SMILES string of the molecule is O=C(O)c1ccc(NCCC(=O)c2ccccc2O)cc1O. The van der Waals surface area contributed by atoms with Crippen LogP contribution >= 0.6 is 0 Å². The summed E-state index contributed by atoms with van der Waals surface area (Å²) < 4.78 is 0. The Hall–Kier alpha value is -3.02. The molecule has 0 bridgehead atoms. The van der Waals surface area contributed by atoms with E-state index in [2.05, 4.69) is 5.32 Å². The number of benzene rings is 2. The van der Waals surface area contributed by atoms with Crippen molar-refractivity contribution in [2.75, 3.05) is 11.9 Å². The Bertz CT molecular complexity index is 711. The van der Waals surface area contributed by atoms with E-state index in [1.807, 2.05) is 0 Å². The number of aromatic carboxylic acids is 1. The highest BCUT2D eigenvalue weighted by atomic mass is 16.4. The molecule has 0 aromatic heterocycles. The first kappa shape index (κ1) is 15.4. The fourth-order valence-corrected chi connectivity index (χ4v) is 1.99. The van der Waals surface area contributed by atoms with Crippen molar-refractivity contribution in [1.82, 2.24) is 0 Å². The number of carbonyl (C=O) groups is 2. The van der Waals surface area contributed by atoms with Crippen molar-refractivity contribution < 1.29 is 24.9 Å². The molecule has 0 spiro atoms. The molecule has 0 aliphatic heterocycles. The number of para-hydroxylation sites is 1. The Morgan fingerprint density at radius 1 is 0.955 bits per heavy atom. The number of phenols is 2. The Labute approximate surface area is 126 Å². The van der Waals surface area contributed by atoms with Gasteiger partial charge in [-0.2, -0.15) is 0 Å². The van der Waals surface area contributed by atoms with Crippen molar-refractivity contribution in [3.63, 3.8) is 0 Å². The van der Waals surface area contributed by atoms with Gasteiger partial charge in [0.25, 0.3) is 0 Å². The molecule has 6 heteroatoms. The third-order valence-corrected chi connectivity index (χ3v) is 3.11. The molecule has 4 N–H and O–H groups in total. The Morgan fingerprint density at radius 2 is 1.68 bits per heavy atom. The van der Waals surface area contributed by atoms with Gasteiger partial charge in [-0.05, 0) is 24.3 Å². The van der Waals surface area contributed by atoms with Gasteiger partial charge in [0.1, 0.15) is 17.1 Å². The average Bonchev–Trinajstić information content (AvgIpc) is 2.47. The van der Waals surface area contributed by atoms with E-state index >= 15 is 0 Å². The molecule has 0 aliphatic rings. The highest BCUT2D eigenvalue weighted by Crippen LogP contribution is 2.22. The Morgan fingerprint density at radius 3 is 2.32 bits per heavy atom. The van der Waals surface area contributed by atoms with Gasteiger partial charge in [-0.25, -0.2) is 4.79 Å². The van der Waals surface area contributed by atoms with Gasteiger partial charge in [0.2, 0.25) is 0 Å². The molecule has 0 radical (unpaired) electrons. The summed E-state index contributed by atoms with van der Waals surface area (Å²) in [6.07, 6.45) is 0.152. The van der Waals surface area contributed by atoms with Crippen LogP contribution < -0.4 is 5.32 Å². The number of rotatable bonds is 6. The van der Waals surface area contributed by atoms with E-state index in [4.69, 9.17) is 5.11 Å². The fourth-order valence-electron chi connectivity index (χ4n) is 1.99. The number of nitrogens with one attached hydrogen (secondary N) is 1. The van der Waals surface area contributed by atoms with Gasteiger partial charge in [0.15, 0.2) is 5.78 Å². The summed E-state index contributed by atoms with van der Waals surface area (Å²) in [5, 5.41) is 30.9. The number of anilines is 1. The minimum atomic E-state index is -1.21. The quantitative estimate of drug-likeness (QED) is 0.611. The molecule has 0 fully saturated rings. The number of carboxylic acids is 1. The molecule has 114 valence electrons. The Balaban J connectivity index is 1.94. The lowest BCUT2D eigenvalue weighted by atomic mass is 10.1. The first-order valence-electron chi connectivity index (χ1n) is 6.60. The molecule has 22 heavy (non-hydrogen) atoms. The zero-order valence-electron chi connectivity index (χ0n) is 11.6. The standard InChI is InChI=1S/C16H15NO5/c18-13-4-2-1-3-11(13)14(19)7-8-17-10-5-6-12(16(21)22)15(20)9-10/h1-6,9,17-18,20H,7-8H2,(H,21,22). The first-order valence-corrected chi connectivity index (χ1v) is 6.60. The molecule has 6 nitrogen and oxygen atoms in total. The van der Waals surface area contributed by atoms with Crippen LogP contribution in [0.15, 0.2) is 42.5 Å². The van der Waals surface area contributed by atoms with E-state index in [1.165, 1.54) is 24.3 Å². The molecular formula is C16H15NO5. The molecule has 0 unspecified atom stereocenters. The molecule has 0 heterocycles. The van der Waals surface area contributed by atoms with Gasteiger partial charge in [-0.15, -0.1) is 0 Å². The topological polar surface area (TPSA) is 107 Å². The van der Waals surface area contributed by atoms with Crippen molar-refractivity contribution >= 4 is 17.4 Å². The van der Waals surface area contributed by atoms with Crippen LogP contribution in [0.1, 0.15) is 27.1 Å². The van der Waals surface area contributed by atoms with Crippen molar-refractivity contribution in [2.24, 2.45) is 0 Å². The maximum atomic E-state index is 11.9. The van der Waals surface area contributed by atoms with E-state index in [9.17, 15) is 19.8 Å². The average molecular weight is 301 g/mol. The van der Waals surface area contributed by atoms with Crippen LogP contribution in [0.3, 0.4) is 0 Å². The van der Waals surface area contributed by atoms with Crippen LogP contribution in [0.25, 0.3) is 0 Å². The summed E-state index contributed by atoms with van der Waals surface area (Å²) in [4.78, 5) is 22.7. The summed E-state index contributed by atoms with van der Waals surface area (Å²) >= 11 is 0. The van der Waals surface area contributed by atoms with Gasteiger partial charge in [-0.3, -0.25) is 4.79 Å². The lowest BCUT2D eigenvalue weighted by Gasteiger charge is -2.08. The van der Waals surface area contributed by atoms with Gasteiger partial charge in [-0.1, -0.05) is 12.1 Å². The normalized spacial score (nSPS) is 10.2. The number of ketones is 1. The van der Waals surface area contributed by atoms with Gasteiger partial charge in [0.05, 0.1) is 5.56 Å². The van der Waals surface area contributed by atoms with Crippen LogP contribution in [0.2, 0.25) is 0 Å². The second-order valence-electron chi connectivity index (χ2n) is 4.65. The van der Waals surface area contributed by atoms with Crippen LogP contribution in [0.5, 0.6) is 11.5 Å². The summed E-state index contributed by atoms with van der Waals surface area (Å²) in [5.74, 6) is -1.82. The number of hydrogen-bond acceptors (Lipinski definition) is 5. The fraction of sp³-hybridized carbons (Fsp3) is 0.125. The molecule has 2 aromatic rings. The maximum absolute atomic E-state index is 11.9. The Kier molecular flexibility index (Phi) is 4.63. The molecule has 2 aromatic carbocycles. The number of carbonyl (C=O) groups excluding carboxylic acids is 1. The van der Waals surface area contributed by atoms with Crippen molar-refractivity contribution in [3.8, 4) is 11.5 Å². The number of Topliss-reactive ketones (excluding diaryl/α,β-unsaturated/α-hetero) is 1. The zero-order chi connectivity index (χ0) is 16.1. The number of phenolic OH excluding ortho intramolecular Hbond substituents is 1. The van der Waals surface area contributed by atoms with Crippen molar-refractivity contribution in [2.45, 2.75) is 6.42 Å². The van der Waals surface area contributed by atoms with E-state index in [0.29, 0.717) is 12.2 Å². The van der Waals surface area contributed by atoms with Gasteiger partial charge >= 0.3 is 5.97 Å². The van der Waals surface area contributed by atoms with Crippen molar-refractivity contribution in [3.05, 3.63) is 53.6 Å². The van der Waals surface area contributed by atoms with Crippen LogP contribution in [0.4, 0.5) is 5.69 Å².